The predicted octanol–water partition coefficient (Wildman–Crippen LogP) is 3.90. The largest absolute Gasteiger partial charge is 0.405 e. The fourth-order valence-corrected chi connectivity index (χ4v) is 2.71. The fraction of sp³-hybridized carbons (Fsp3) is 0.235. The van der Waals surface area contributed by atoms with Gasteiger partial charge in [0.1, 0.15) is 18.2 Å². The molecule has 1 unspecified atom stereocenters. The summed E-state index contributed by atoms with van der Waals surface area (Å²) >= 11 is 5.97. The molecule has 0 spiro atoms. The van der Waals surface area contributed by atoms with E-state index in [1.807, 2.05) is 0 Å². The highest BCUT2D eigenvalue weighted by molar-refractivity contribution is 6.31. The highest BCUT2D eigenvalue weighted by Crippen LogP contribution is 2.31. The minimum absolute atomic E-state index is 0.128. The van der Waals surface area contributed by atoms with Crippen molar-refractivity contribution in [1.82, 2.24) is 20.3 Å². The van der Waals surface area contributed by atoms with Crippen molar-refractivity contribution in [2.75, 3.05) is 11.9 Å². The molecule has 3 rings (SSSR count). The Bertz CT molecular complexity index is 1020. The van der Waals surface area contributed by atoms with Gasteiger partial charge in [0.25, 0.3) is 0 Å². The molecule has 3 heterocycles. The molecule has 0 saturated carbocycles. The van der Waals surface area contributed by atoms with Crippen LogP contribution in [0.4, 0.5) is 23.2 Å². The zero-order chi connectivity index (χ0) is 20.5. The van der Waals surface area contributed by atoms with Gasteiger partial charge in [0.2, 0.25) is 11.9 Å². The average molecular weight is 416 g/mol. The van der Waals surface area contributed by atoms with Crippen LogP contribution in [0.25, 0.3) is 22.2 Å². The average Bonchev–Trinajstić information content (AvgIpc) is 3.03. The Balaban J connectivity index is 1.83. The number of H-pyrrole nitrogens is 1. The Morgan fingerprint density at radius 1 is 1.29 bits per heavy atom. The van der Waals surface area contributed by atoms with Crippen LogP contribution in [0.15, 0.2) is 30.7 Å². The topological polar surface area (TPSA) is 82.7 Å². The van der Waals surface area contributed by atoms with Crippen LogP contribution >= 0.6 is 11.6 Å². The Morgan fingerprint density at radius 3 is 2.75 bits per heavy atom. The van der Waals surface area contributed by atoms with Gasteiger partial charge in [-0.3, -0.25) is 4.79 Å². The maximum absolute atomic E-state index is 14.1. The van der Waals surface area contributed by atoms with Crippen molar-refractivity contribution in [2.24, 2.45) is 0 Å². The van der Waals surface area contributed by atoms with E-state index in [0.29, 0.717) is 27.2 Å². The van der Waals surface area contributed by atoms with Crippen molar-refractivity contribution in [1.29, 1.82) is 0 Å². The summed E-state index contributed by atoms with van der Waals surface area (Å²) < 4.78 is 50.7. The molecule has 3 aromatic heterocycles. The Morgan fingerprint density at radius 2 is 2.04 bits per heavy atom. The number of nitrogens with zero attached hydrogens (tertiary/aromatic N) is 2. The molecule has 0 fully saturated rings. The lowest BCUT2D eigenvalue weighted by atomic mass is 10.1. The lowest BCUT2D eigenvalue weighted by Gasteiger charge is -2.16. The standard InChI is InChI=1S/C17H14ClF4N5O/c1-8(16(28)26-7-17(20,21)22)27-13-2-9(4-23-14(13)19)12-6-25-15-11(12)3-10(18)5-24-15/h2-6,8,27H,7H2,1H3,(H,24,25)(H,26,28). The first-order valence-electron chi connectivity index (χ1n) is 8.03. The molecular formula is C17H14ClF4N5O. The van der Waals surface area contributed by atoms with Crippen LogP contribution in [0.2, 0.25) is 5.02 Å². The molecule has 6 nitrogen and oxygen atoms in total. The summed E-state index contributed by atoms with van der Waals surface area (Å²) in [5, 5.41) is 5.37. The number of anilines is 1. The van der Waals surface area contributed by atoms with E-state index >= 15 is 0 Å². The van der Waals surface area contributed by atoms with Crippen molar-refractivity contribution in [2.45, 2.75) is 19.1 Å². The summed E-state index contributed by atoms with van der Waals surface area (Å²) in [6.45, 7) is -0.158. The lowest BCUT2D eigenvalue weighted by molar-refractivity contribution is -0.138. The van der Waals surface area contributed by atoms with Gasteiger partial charge in [-0.25, -0.2) is 9.97 Å². The van der Waals surface area contributed by atoms with Crippen molar-refractivity contribution in [3.63, 3.8) is 0 Å². The van der Waals surface area contributed by atoms with E-state index in [1.54, 1.807) is 17.6 Å². The first-order valence-corrected chi connectivity index (χ1v) is 8.41. The molecule has 3 aromatic rings. The van der Waals surface area contributed by atoms with Crippen molar-refractivity contribution in [3.8, 4) is 11.1 Å². The zero-order valence-corrected chi connectivity index (χ0v) is 15.1. The molecule has 0 bridgehead atoms. The maximum Gasteiger partial charge on any atom is 0.405 e. The SMILES string of the molecule is CC(Nc1cc(-c2c[nH]c3ncc(Cl)cc23)cnc1F)C(=O)NCC(F)(F)F. The minimum atomic E-state index is -4.53. The van der Waals surface area contributed by atoms with Gasteiger partial charge >= 0.3 is 6.18 Å². The highest BCUT2D eigenvalue weighted by Gasteiger charge is 2.29. The molecule has 0 radical (unpaired) electrons. The molecule has 28 heavy (non-hydrogen) atoms. The predicted molar refractivity (Wildman–Crippen MR) is 96.4 cm³/mol. The van der Waals surface area contributed by atoms with Crippen LogP contribution in [0.5, 0.6) is 0 Å². The number of aromatic amines is 1. The Hall–Kier alpha value is -2.88. The minimum Gasteiger partial charge on any atom is -0.370 e. The molecular weight excluding hydrogens is 402 g/mol. The van der Waals surface area contributed by atoms with Crippen LogP contribution in [-0.2, 0) is 4.79 Å². The van der Waals surface area contributed by atoms with Crippen LogP contribution in [-0.4, -0.2) is 39.6 Å². The van der Waals surface area contributed by atoms with E-state index in [0.717, 1.165) is 0 Å². The number of hydrogen-bond acceptors (Lipinski definition) is 4. The van der Waals surface area contributed by atoms with Crippen molar-refractivity contribution < 1.29 is 22.4 Å². The summed E-state index contributed by atoms with van der Waals surface area (Å²) in [6.07, 6.45) is -0.126. The van der Waals surface area contributed by atoms with Crippen molar-refractivity contribution in [3.05, 3.63) is 41.7 Å². The number of amides is 1. The molecule has 0 aliphatic heterocycles. The molecule has 11 heteroatoms. The lowest BCUT2D eigenvalue weighted by Crippen LogP contribution is -2.42. The smallest absolute Gasteiger partial charge is 0.370 e. The summed E-state index contributed by atoms with van der Waals surface area (Å²) in [4.78, 5) is 22.5. The second kappa shape index (κ2) is 7.63. The summed E-state index contributed by atoms with van der Waals surface area (Å²) in [7, 11) is 0. The van der Waals surface area contributed by atoms with Crippen LogP contribution in [0.3, 0.4) is 0 Å². The number of halogens is 5. The molecule has 0 aliphatic carbocycles. The third kappa shape index (κ3) is 4.50. The monoisotopic (exact) mass is 415 g/mol. The zero-order valence-electron chi connectivity index (χ0n) is 14.4. The first-order chi connectivity index (χ1) is 13.1. The second-order valence-electron chi connectivity index (χ2n) is 6.01. The van der Waals surface area contributed by atoms with Gasteiger partial charge in [0.05, 0.1) is 10.7 Å². The molecule has 3 N–H and O–H groups in total. The third-order valence-corrected chi connectivity index (χ3v) is 4.08. The van der Waals surface area contributed by atoms with E-state index in [9.17, 15) is 22.4 Å². The van der Waals surface area contributed by atoms with E-state index in [-0.39, 0.29) is 5.69 Å². The number of carbonyl (C=O) groups excluding carboxylic acids is 1. The maximum atomic E-state index is 14.1. The number of rotatable bonds is 5. The van der Waals surface area contributed by atoms with Gasteiger partial charge in [-0.2, -0.15) is 17.6 Å². The summed E-state index contributed by atoms with van der Waals surface area (Å²) in [6, 6.07) is 1.96. The van der Waals surface area contributed by atoms with Gasteiger partial charge in [0, 0.05) is 35.1 Å². The van der Waals surface area contributed by atoms with E-state index in [1.165, 1.54) is 25.4 Å². The van der Waals surface area contributed by atoms with Gasteiger partial charge in [-0.1, -0.05) is 11.6 Å². The number of hydrogen-bond donors (Lipinski definition) is 3. The van der Waals surface area contributed by atoms with Crippen LogP contribution in [0, 0.1) is 5.95 Å². The van der Waals surface area contributed by atoms with Crippen LogP contribution < -0.4 is 10.6 Å². The quantitative estimate of drug-likeness (QED) is 0.436. The highest BCUT2D eigenvalue weighted by atomic mass is 35.5. The number of aromatic nitrogens is 3. The molecule has 148 valence electrons. The van der Waals surface area contributed by atoms with Gasteiger partial charge in [0.15, 0.2) is 0 Å². The van der Waals surface area contributed by atoms with E-state index in [2.05, 4.69) is 20.3 Å². The summed E-state index contributed by atoms with van der Waals surface area (Å²) in [5.74, 6) is -1.82. The van der Waals surface area contributed by atoms with Crippen molar-refractivity contribution >= 4 is 34.2 Å². The normalized spacial score (nSPS) is 12.8. The molecule has 1 amide bonds. The molecule has 0 saturated heterocycles. The van der Waals surface area contributed by atoms with Crippen LogP contribution in [0.1, 0.15) is 6.92 Å². The first kappa shape index (κ1) is 19.9. The van der Waals surface area contributed by atoms with E-state index in [4.69, 9.17) is 11.6 Å². The molecule has 0 aromatic carbocycles. The second-order valence-corrected chi connectivity index (χ2v) is 6.45. The third-order valence-electron chi connectivity index (χ3n) is 3.88. The van der Waals surface area contributed by atoms with Gasteiger partial charge in [-0.05, 0) is 19.1 Å². The number of pyridine rings is 2. The number of carbonyl (C=O) groups is 1. The number of nitrogens with one attached hydrogen (secondary N) is 3. The Labute approximate surface area is 161 Å². The molecule has 0 aliphatic rings. The Kier molecular flexibility index (Phi) is 5.41. The van der Waals surface area contributed by atoms with E-state index < -0.39 is 30.6 Å². The summed E-state index contributed by atoms with van der Waals surface area (Å²) in [5.41, 5.74) is 1.59. The molecule has 1 atom stereocenters. The number of fused-ring (bicyclic) bond motifs is 1. The van der Waals surface area contributed by atoms with Gasteiger partial charge < -0.3 is 15.6 Å². The number of alkyl halides is 3. The fourth-order valence-electron chi connectivity index (χ4n) is 2.55. The van der Waals surface area contributed by atoms with Gasteiger partial charge in [-0.15, -0.1) is 0 Å².